The van der Waals surface area contributed by atoms with Gasteiger partial charge in [-0.15, -0.1) is 0 Å². The summed E-state index contributed by atoms with van der Waals surface area (Å²) < 4.78 is 5.14. The number of rotatable bonds is 2. The Morgan fingerprint density at radius 2 is 0.789 bits per heavy atom. The van der Waals surface area contributed by atoms with Crippen molar-refractivity contribution >= 4 is 95.6 Å². The van der Waals surface area contributed by atoms with Gasteiger partial charge in [-0.2, -0.15) is 0 Å². The van der Waals surface area contributed by atoms with E-state index in [2.05, 4.69) is 120 Å². The SMILES string of the molecule is Brc1[c]c(Br)c(Cc2[c]c(Br)c(Br)[c]c2Br)[c]c1Br. The second-order valence-electron chi connectivity index (χ2n) is 3.52. The topological polar surface area (TPSA) is 0 Å². The first-order valence-corrected chi connectivity index (χ1v) is 9.60. The van der Waals surface area contributed by atoms with E-state index in [-0.39, 0.29) is 0 Å². The van der Waals surface area contributed by atoms with E-state index in [0.717, 1.165) is 38.0 Å². The van der Waals surface area contributed by atoms with Gasteiger partial charge in [0.1, 0.15) is 0 Å². The zero-order valence-corrected chi connectivity index (χ0v) is 18.5. The third-order valence-corrected chi connectivity index (χ3v) is 7.03. The highest BCUT2D eigenvalue weighted by atomic mass is 79.9. The van der Waals surface area contributed by atoms with Crippen LogP contribution in [0.25, 0.3) is 0 Å². The van der Waals surface area contributed by atoms with Crippen LogP contribution in [0.15, 0.2) is 26.8 Å². The van der Waals surface area contributed by atoms with Gasteiger partial charge in [0.25, 0.3) is 0 Å². The quantitative estimate of drug-likeness (QED) is 0.310. The van der Waals surface area contributed by atoms with E-state index < -0.39 is 0 Å². The van der Waals surface area contributed by atoms with Crippen LogP contribution in [0.1, 0.15) is 11.1 Å². The van der Waals surface area contributed by atoms with Gasteiger partial charge < -0.3 is 0 Å². The Morgan fingerprint density at radius 1 is 0.474 bits per heavy atom. The number of benzene rings is 2. The first-order valence-electron chi connectivity index (χ1n) is 4.84. The Balaban J connectivity index is 2.42. The molecular formula is C13H2Br6. The number of hydrogen-bond acceptors (Lipinski definition) is 0. The molecule has 0 unspecified atom stereocenters. The molecule has 2 aromatic carbocycles. The third-order valence-electron chi connectivity index (χ3n) is 2.23. The summed E-state index contributed by atoms with van der Waals surface area (Å²) in [7, 11) is 0. The zero-order valence-electron chi connectivity index (χ0n) is 8.97. The molecule has 0 spiro atoms. The van der Waals surface area contributed by atoms with Gasteiger partial charge in [-0.3, -0.25) is 0 Å². The van der Waals surface area contributed by atoms with Crippen molar-refractivity contribution in [2.24, 2.45) is 0 Å². The van der Waals surface area contributed by atoms with Crippen LogP contribution in [0.2, 0.25) is 0 Å². The van der Waals surface area contributed by atoms with Gasteiger partial charge in [0.05, 0.1) is 0 Å². The molecule has 0 saturated heterocycles. The average molecular weight is 638 g/mol. The second kappa shape index (κ2) is 7.05. The minimum Gasteiger partial charge on any atom is -0.0498 e. The Hall–Kier alpha value is 1.32. The van der Waals surface area contributed by atoms with E-state index in [9.17, 15) is 0 Å². The summed E-state index contributed by atoms with van der Waals surface area (Å²) in [5.41, 5.74) is 1.99. The fraction of sp³-hybridized carbons (Fsp3) is 0.0769. The molecular weight excluding hydrogens is 636 g/mol. The monoisotopic (exact) mass is 632 g/mol. The van der Waals surface area contributed by atoms with Crippen LogP contribution in [0.5, 0.6) is 0 Å². The average Bonchev–Trinajstić information content (AvgIpc) is 2.32. The molecule has 0 heterocycles. The van der Waals surface area contributed by atoms with E-state index in [1.807, 2.05) is 0 Å². The Morgan fingerprint density at radius 3 is 1.16 bits per heavy atom. The summed E-state index contributed by atoms with van der Waals surface area (Å²) in [6, 6.07) is 12.9. The molecule has 96 valence electrons. The normalized spacial score (nSPS) is 10.8. The Kier molecular flexibility index (Phi) is 6.19. The molecule has 6 heteroatoms. The van der Waals surface area contributed by atoms with E-state index in [0.29, 0.717) is 6.42 Å². The molecule has 0 saturated carbocycles. The smallest absolute Gasteiger partial charge is 0.0414 e. The highest BCUT2D eigenvalue weighted by Crippen LogP contribution is 2.33. The molecule has 0 atom stereocenters. The lowest BCUT2D eigenvalue weighted by molar-refractivity contribution is 1.14. The lowest BCUT2D eigenvalue weighted by atomic mass is 10.1. The van der Waals surface area contributed by atoms with Crippen LogP contribution >= 0.6 is 95.6 Å². The van der Waals surface area contributed by atoms with Crippen molar-refractivity contribution in [3.05, 3.63) is 62.2 Å². The molecule has 0 aliphatic rings. The number of hydrogen-bond donors (Lipinski definition) is 0. The third kappa shape index (κ3) is 4.16. The van der Waals surface area contributed by atoms with Crippen LogP contribution in [-0.4, -0.2) is 0 Å². The zero-order chi connectivity index (χ0) is 14.2. The first kappa shape index (κ1) is 16.7. The van der Waals surface area contributed by atoms with Gasteiger partial charge in [0.15, 0.2) is 0 Å². The summed E-state index contributed by atoms with van der Waals surface area (Å²) >= 11 is 20.7. The maximum absolute atomic E-state index is 3.50. The summed E-state index contributed by atoms with van der Waals surface area (Å²) in [5.74, 6) is 0. The summed E-state index contributed by atoms with van der Waals surface area (Å²) in [6.07, 6.45) is 0.673. The number of halogens is 6. The van der Waals surface area contributed by atoms with Crippen molar-refractivity contribution in [2.45, 2.75) is 6.42 Å². The van der Waals surface area contributed by atoms with Crippen LogP contribution in [-0.2, 0) is 6.42 Å². The van der Waals surface area contributed by atoms with Crippen molar-refractivity contribution in [1.82, 2.24) is 0 Å². The van der Waals surface area contributed by atoms with Crippen LogP contribution in [0, 0.1) is 24.3 Å². The minimum absolute atomic E-state index is 0.673. The maximum Gasteiger partial charge on any atom is 0.0414 e. The summed E-state index contributed by atoms with van der Waals surface area (Å²) in [4.78, 5) is 0. The van der Waals surface area contributed by atoms with Crippen LogP contribution < -0.4 is 0 Å². The molecule has 19 heavy (non-hydrogen) atoms. The highest BCUT2D eigenvalue weighted by Gasteiger charge is 2.11. The maximum atomic E-state index is 3.50. The first-order chi connectivity index (χ1) is 8.88. The standard InChI is InChI=1S/C13H2Br6/c14-8-4-12(18)10(16)2-6(8)1-7-3-11(17)13(19)5-9(7)15/h1H2. The molecule has 0 bridgehead atoms. The fourth-order valence-corrected chi connectivity index (χ4v) is 4.04. The van der Waals surface area contributed by atoms with Gasteiger partial charge in [0, 0.05) is 57.5 Å². The summed E-state index contributed by atoms with van der Waals surface area (Å²) in [5, 5.41) is 0. The Bertz CT molecular complexity index is 580. The van der Waals surface area contributed by atoms with Crippen molar-refractivity contribution in [3.8, 4) is 0 Å². The molecule has 2 aromatic rings. The molecule has 2 rings (SSSR count). The van der Waals surface area contributed by atoms with E-state index in [1.54, 1.807) is 0 Å². The lowest BCUT2D eigenvalue weighted by Gasteiger charge is -2.09. The molecule has 0 aliphatic heterocycles. The largest absolute Gasteiger partial charge is 0.0498 e. The molecule has 0 amide bonds. The van der Waals surface area contributed by atoms with Gasteiger partial charge in [0.2, 0.25) is 0 Å². The molecule has 0 aromatic heterocycles. The van der Waals surface area contributed by atoms with Gasteiger partial charge in [-0.1, -0.05) is 0 Å². The van der Waals surface area contributed by atoms with Crippen LogP contribution in [0.4, 0.5) is 0 Å². The van der Waals surface area contributed by atoms with Crippen molar-refractivity contribution in [1.29, 1.82) is 0 Å². The van der Waals surface area contributed by atoms with E-state index in [4.69, 9.17) is 0 Å². The predicted molar refractivity (Wildman–Crippen MR) is 97.2 cm³/mol. The van der Waals surface area contributed by atoms with Gasteiger partial charge in [-0.05, 0) is 107 Å². The molecule has 0 nitrogen and oxygen atoms in total. The molecule has 4 radical (unpaired) electrons. The minimum atomic E-state index is 0.673. The predicted octanol–water partition coefficient (Wildman–Crippen LogP) is 7.05. The van der Waals surface area contributed by atoms with Crippen LogP contribution in [0.3, 0.4) is 0 Å². The van der Waals surface area contributed by atoms with E-state index >= 15 is 0 Å². The molecule has 0 N–H and O–H groups in total. The highest BCUT2D eigenvalue weighted by molar-refractivity contribution is 9.13. The van der Waals surface area contributed by atoms with Gasteiger partial charge >= 0.3 is 0 Å². The lowest BCUT2D eigenvalue weighted by Crippen LogP contribution is -1.94. The second-order valence-corrected chi connectivity index (χ2v) is 8.28. The Labute approximate surface area is 162 Å². The van der Waals surface area contributed by atoms with Crippen molar-refractivity contribution in [3.63, 3.8) is 0 Å². The summed E-state index contributed by atoms with van der Waals surface area (Å²) in [6.45, 7) is 0. The van der Waals surface area contributed by atoms with Crippen molar-refractivity contribution < 1.29 is 0 Å². The van der Waals surface area contributed by atoms with Gasteiger partial charge in [-0.25, -0.2) is 0 Å². The van der Waals surface area contributed by atoms with E-state index in [1.165, 1.54) is 0 Å². The fourth-order valence-electron chi connectivity index (χ4n) is 1.36. The van der Waals surface area contributed by atoms with Crippen molar-refractivity contribution in [2.75, 3.05) is 0 Å². The molecule has 0 fully saturated rings. The molecule has 0 aliphatic carbocycles.